The molecule has 2 rings (SSSR count). The Labute approximate surface area is 141 Å². The molecule has 7 heteroatoms. The number of benzene rings is 1. The summed E-state index contributed by atoms with van der Waals surface area (Å²) in [6.45, 7) is 4.97. The van der Waals surface area contributed by atoms with Crippen LogP contribution in [0.4, 0.5) is 4.39 Å². The molecular formula is C17H25FN4O2. The Morgan fingerprint density at radius 2 is 2.12 bits per heavy atom. The van der Waals surface area contributed by atoms with E-state index in [1.54, 1.807) is 18.2 Å². The van der Waals surface area contributed by atoms with Crippen LogP contribution in [0.3, 0.4) is 0 Å². The number of carbonyl (C=O) groups excluding carboxylic acids is 1. The monoisotopic (exact) mass is 336 g/mol. The maximum absolute atomic E-state index is 13.6. The quantitative estimate of drug-likeness (QED) is 0.496. The van der Waals surface area contributed by atoms with E-state index in [0.29, 0.717) is 25.1 Å². The molecule has 1 amide bonds. The van der Waals surface area contributed by atoms with E-state index in [4.69, 9.17) is 4.74 Å². The van der Waals surface area contributed by atoms with Crippen molar-refractivity contribution in [3.05, 3.63) is 30.1 Å². The first-order valence-corrected chi connectivity index (χ1v) is 8.31. The van der Waals surface area contributed by atoms with Crippen molar-refractivity contribution < 1.29 is 13.9 Å². The summed E-state index contributed by atoms with van der Waals surface area (Å²) in [5.41, 5.74) is 0. The minimum absolute atomic E-state index is 0.0778. The number of nitrogens with one attached hydrogen (secondary N) is 3. The molecular weight excluding hydrogens is 311 g/mol. The molecule has 0 heterocycles. The van der Waals surface area contributed by atoms with Crippen LogP contribution in [-0.2, 0) is 4.79 Å². The van der Waals surface area contributed by atoms with Gasteiger partial charge in [0, 0.05) is 12.6 Å². The normalized spacial score (nSPS) is 15.5. The zero-order valence-corrected chi connectivity index (χ0v) is 14.1. The van der Waals surface area contributed by atoms with Gasteiger partial charge in [-0.05, 0) is 38.8 Å². The van der Waals surface area contributed by atoms with E-state index in [1.807, 2.05) is 13.8 Å². The summed E-state index contributed by atoms with van der Waals surface area (Å²) in [5, 5.41) is 9.05. The van der Waals surface area contributed by atoms with Crippen LogP contribution in [0, 0.1) is 5.82 Å². The molecule has 1 unspecified atom stereocenters. The highest BCUT2D eigenvalue weighted by molar-refractivity contribution is 5.85. The highest BCUT2D eigenvalue weighted by Gasteiger charge is 2.22. The van der Waals surface area contributed by atoms with E-state index >= 15 is 0 Å². The maximum atomic E-state index is 13.6. The van der Waals surface area contributed by atoms with Crippen LogP contribution in [0.5, 0.6) is 5.75 Å². The van der Waals surface area contributed by atoms with Crippen molar-refractivity contribution >= 4 is 11.9 Å². The van der Waals surface area contributed by atoms with Crippen LogP contribution >= 0.6 is 0 Å². The van der Waals surface area contributed by atoms with E-state index in [-0.39, 0.29) is 30.1 Å². The van der Waals surface area contributed by atoms with Crippen molar-refractivity contribution in [2.24, 2.45) is 4.99 Å². The molecule has 1 atom stereocenters. The SMILES string of the molecule is CCNC(=NCC(=O)NC1CC1)NCC(C)Oc1ccccc1F. The second-order valence-electron chi connectivity index (χ2n) is 5.78. The topological polar surface area (TPSA) is 74.8 Å². The number of rotatable bonds is 8. The molecule has 3 N–H and O–H groups in total. The highest BCUT2D eigenvalue weighted by atomic mass is 19.1. The van der Waals surface area contributed by atoms with Crippen molar-refractivity contribution in [3.8, 4) is 5.75 Å². The van der Waals surface area contributed by atoms with Gasteiger partial charge in [-0.2, -0.15) is 0 Å². The van der Waals surface area contributed by atoms with Crippen molar-refractivity contribution in [1.29, 1.82) is 0 Å². The van der Waals surface area contributed by atoms with Gasteiger partial charge in [-0.15, -0.1) is 0 Å². The fraction of sp³-hybridized carbons (Fsp3) is 0.529. The summed E-state index contributed by atoms with van der Waals surface area (Å²) in [4.78, 5) is 15.9. The summed E-state index contributed by atoms with van der Waals surface area (Å²) < 4.78 is 19.1. The number of carbonyl (C=O) groups is 1. The molecule has 1 fully saturated rings. The molecule has 0 bridgehead atoms. The predicted octanol–water partition coefficient (Wildman–Crippen LogP) is 1.43. The molecule has 1 aromatic carbocycles. The van der Waals surface area contributed by atoms with Gasteiger partial charge in [0.15, 0.2) is 17.5 Å². The van der Waals surface area contributed by atoms with E-state index < -0.39 is 0 Å². The largest absolute Gasteiger partial charge is 0.486 e. The van der Waals surface area contributed by atoms with Crippen molar-refractivity contribution in [2.45, 2.75) is 38.8 Å². The lowest BCUT2D eigenvalue weighted by molar-refractivity contribution is -0.119. The average Bonchev–Trinajstić information content (AvgIpc) is 3.36. The van der Waals surface area contributed by atoms with Crippen LogP contribution < -0.4 is 20.7 Å². The number of guanidine groups is 1. The number of ether oxygens (including phenoxy) is 1. The number of para-hydroxylation sites is 1. The van der Waals surface area contributed by atoms with Gasteiger partial charge in [0.05, 0.1) is 6.54 Å². The summed E-state index contributed by atoms with van der Waals surface area (Å²) >= 11 is 0. The molecule has 0 aliphatic heterocycles. The Morgan fingerprint density at radius 3 is 2.79 bits per heavy atom. The van der Waals surface area contributed by atoms with E-state index in [2.05, 4.69) is 20.9 Å². The number of nitrogens with zero attached hydrogens (tertiary/aromatic N) is 1. The standard InChI is InChI=1S/C17H25FN4O2/c1-3-19-17(21-11-16(23)22-13-8-9-13)20-10-12(2)24-15-7-5-4-6-14(15)18/h4-7,12-13H,3,8-11H2,1-2H3,(H,22,23)(H2,19,20,21). The molecule has 24 heavy (non-hydrogen) atoms. The molecule has 132 valence electrons. The van der Waals surface area contributed by atoms with Crippen LogP contribution in [-0.4, -0.2) is 43.6 Å². The summed E-state index contributed by atoms with van der Waals surface area (Å²) in [5.74, 6) is 0.289. The van der Waals surface area contributed by atoms with Gasteiger partial charge in [0.25, 0.3) is 0 Å². The second kappa shape index (κ2) is 9.10. The fourth-order valence-corrected chi connectivity index (χ4v) is 2.03. The van der Waals surface area contributed by atoms with Gasteiger partial charge in [-0.3, -0.25) is 4.79 Å². The van der Waals surface area contributed by atoms with Crippen molar-refractivity contribution in [1.82, 2.24) is 16.0 Å². The number of halogens is 1. The minimum atomic E-state index is -0.387. The number of hydrogen-bond acceptors (Lipinski definition) is 3. The lowest BCUT2D eigenvalue weighted by Gasteiger charge is -2.18. The van der Waals surface area contributed by atoms with Crippen LogP contribution in [0.2, 0.25) is 0 Å². The first-order valence-electron chi connectivity index (χ1n) is 8.31. The van der Waals surface area contributed by atoms with Crippen LogP contribution in [0.15, 0.2) is 29.3 Å². The Balaban J connectivity index is 1.78. The zero-order valence-electron chi connectivity index (χ0n) is 14.1. The smallest absolute Gasteiger partial charge is 0.242 e. The number of amides is 1. The van der Waals surface area contributed by atoms with Crippen molar-refractivity contribution in [2.75, 3.05) is 19.6 Å². The molecule has 1 saturated carbocycles. The Kier molecular flexibility index (Phi) is 6.84. The molecule has 0 saturated heterocycles. The van der Waals surface area contributed by atoms with Gasteiger partial charge < -0.3 is 20.7 Å². The lowest BCUT2D eigenvalue weighted by Crippen LogP contribution is -2.42. The van der Waals surface area contributed by atoms with E-state index in [0.717, 1.165) is 12.8 Å². The third-order valence-corrected chi connectivity index (χ3v) is 3.39. The van der Waals surface area contributed by atoms with Gasteiger partial charge in [-0.25, -0.2) is 9.38 Å². The minimum Gasteiger partial charge on any atom is -0.486 e. The summed E-state index contributed by atoms with van der Waals surface area (Å²) in [6.07, 6.45) is 1.85. The Morgan fingerprint density at radius 1 is 1.38 bits per heavy atom. The van der Waals surface area contributed by atoms with E-state index in [9.17, 15) is 9.18 Å². The third-order valence-electron chi connectivity index (χ3n) is 3.39. The Bertz CT molecular complexity index is 575. The maximum Gasteiger partial charge on any atom is 0.242 e. The molecule has 6 nitrogen and oxygen atoms in total. The Hall–Kier alpha value is -2.31. The summed E-state index contributed by atoms with van der Waals surface area (Å²) in [7, 11) is 0. The van der Waals surface area contributed by atoms with Gasteiger partial charge in [-0.1, -0.05) is 12.1 Å². The molecule has 1 aromatic rings. The van der Waals surface area contributed by atoms with Gasteiger partial charge in [0.1, 0.15) is 12.6 Å². The molecule has 1 aliphatic rings. The predicted molar refractivity (Wildman–Crippen MR) is 91.6 cm³/mol. The van der Waals surface area contributed by atoms with Gasteiger partial charge >= 0.3 is 0 Å². The van der Waals surface area contributed by atoms with Crippen molar-refractivity contribution in [3.63, 3.8) is 0 Å². The first-order chi connectivity index (χ1) is 11.6. The fourth-order valence-electron chi connectivity index (χ4n) is 2.03. The number of aliphatic imine (C=N–C) groups is 1. The van der Waals surface area contributed by atoms with Gasteiger partial charge in [0.2, 0.25) is 5.91 Å². The average molecular weight is 336 g/mol. The molecule has 0 aromatic heterocycles. The molecule has 1 aliphatic carbocycles. The van der Waals surface area contributed by atoms with E-state index in [1.165, 1.54) is 6.07 Å². The summed E-state index contributed by atoms with van der Waals surface area (Å²) in [6, 6.07) is 6.63. The molecule has 0 radical (unpaired) electrons. The first kappa shape index (κ1) is 18.0. The molecule has 0 spiro atoms. The lowest BCUT2D eigenvalue weighted by atomic mass is 10.3. The zero-order chi connectivity index (χ0) is 17.4. The van der Waals surface area contributed by atoms with Crippen LogP contribution in [0.25, 0.3) is 0 Å². The second-order valence-corrected chi connectivity index (χ2v) is 5.78. The van der Waals surface area contributed by atoms with Crippen LogP contribution in [0.1, 0.15) is 26.7 Å². The highest BCUT2D eigenvalue weighted by Crippen LogP contribution is 2.18. The number of hydrogen-bond donors (Lipinski definition) is 3. The third kappa shape index (κ3) is 6.44.